The number of hydrogen-bond donors (Lipinski definition) is 0. The number of unbranched alkanes of at least 4 members (excludes halogenated alkanes) is 38. The van der Waals surface area contributed by atoms with Crippen molar-refractivity contribution in [2.45, 2.75) is 336 Å². The van der Waals surface area contributed by atoms with E-state index in [1.54, 1.807) is 0 Å². The molecular formula is C59H114O6. The second kappa shape index (κ2) is 51.8. The third-order valence-corrected chi connectivity index (χ3v) is 13.5. The summed E-state index contributed by atoms with van der Waals surface area (Å²) in [4.78, 5) is 38.0. The van der Waals surface area contributed by atoms with Crippen molar-refractivity contribution < 1.29 is 28.6 Å². The molecule has 0 saturated heterocycles. The first-order valence-corrected chi connectivity index (χ1v) is 29.2. The Kier molecular flexibility index (Phi) is 50.5. The van der Waals surface area contributed by atoms with Gasteiger partial charge in [-0.05, 0) is 31.1 Å². The first-order valence-electron chi connectivity index (χ1n) is 29.2. The van der Waals surface area contributed by atoms with Gasteiger partial charge in [-0.15, -0.1) is 0 Å². The number of esters is 3. The Morgan fingerprint density at radius 1 is 0.292 bits per heavy atom. The number of hydrogen-bond acceptors (Lipinski definition) is 6. The van der Waals surface area contributed by atoms with Crippen LogP contribution in [-0.2, 0) is 28.6 Å². The fourth-order valence-corrected chi connectivity index (χ4v) is 9.05. The van der Waals surface area contributed by atoms with Gasteiger partial charge in [0.1, 0.15) is 13.2 Å². The highest BCUT2D eigenvalue weighted by molar-refractivity contribution is 5.71. The van der Waals surface area contributed by atoms with E-state index in [4.69, 9.17) is 14.2 Å². The van der Waals surface area contributed by atoms with E-state index < -0.39 is 6.10 Å². The van der Waals surface area contributed by atoms with Crippen LogP contribution in [0.2, 0.25) is 0 Å². The lowest BCUT2D eigenvalue weighted by Crippen LogP contribution is -2.30. The fourth-order valence-electron chi connectivity index (χ4n) is 9.05. The Bertz CT molecular complexity index is 993. The molecule has 0 heterocycles. The van der Waals surface area contributed by atoms with Gasteiger partial charge in [-0.3, -0.25) is 14.4 Å². The summed E-state index contributed by atoms with van der Waals surface area (Å²) in [5.74, 6) is 0.865. The topological polar surface area (TPSA) is 78.9 Å². The maximum absolute atomic E-state index is 12.8. The number of ether oxygens (including phenoxy) is 3. The van der Waals surface area contributed by atoms with Gasteiger partial charge in [0.05, 0.1) is 0 Å². The standard InChI is InChI=1S/C59H114O6/c1-6-7-8-9-32-39-44-49-57(60)63-52-56(53-64-58(61)50-45-40-35-30-26-22-18-15-14-17-21-25-29-34-38-43-48-55(4)5)65-59(62)51-46-41-36-31-27-23-19-13-11-10-12-16-20-24-28-33-37-42-47-54(2)3/h54-56H,6-53H2,1-5H3/t56-/m1/s1. The van der Waals surface area contributed by atoms with Crippen LogP contribution in [0.15, 0.2) is 0 Å². The molecule has 0 aliphatic carbocycles. The molecule has 0 radical (unpaired) electrons. The molecule has 1 atom stereocenters. The van der Waals surface area contributed by atoms with E-state index >= 15 is 0 Å². The molecule has 0 N–H and O–H groups in total. The lowest BCUT2D eigenvalue weighted by Gasteiger charge is -2.18. The quantitative estimate of drug-likeness (QED) is 0.0344. The predicted octanol–water partition coefficient (Wildman–Crippen LogP) is 19.3. The second-order valence-corrected chi connectivity index (χ2v) is 21.2. The third-order valence-electron chi connectivity index (χ3n) is 13.5. The van der Waals surface area contributed by atoms with Gasteiger partial charge >= 0.3 is 17.9 Å². The van der Waals surface area contributed by atoms with Crippen molar-refractivity contribution in [3.05, 3.63) is 0 Å². The molecular weight excluding hydrogens is 805 g/mol. The molecule has 0 amide bonds. The molecule has 0 aliphatic heterocycles. The first kappa shape index (κ1) is 63.4. The minimum absolute atomic E-state index is 0.0630. The summed E-state index contributed by atoms with van der Waals surface area (Å²) in [6.45, 7) is 11.4. The van der Waals surface area contributed by atoms with Gasteiger partial charge in [0.25, 0.3) is 0 Å². The third kappa shape index (κ3) is 53.2. The summed E-state index contributed by atoms with van der Waals surface area (Å²) >= 11 is 0. The van der Waals surface area contributed by atoms with E-state index in [0.717, 1.165) is 69.6 Å². The summed E-state index contributed by atoms with van der Waals surface area (Å²) in [6.07, 6.45) is 55.5. The van der Waals surface area contributed by atoms with Crippen LogP contribution in [0.5, 0.6) is 0 Å². The molecule has 0 rings (SSSR count). The van der Waals surface area contributed by atoms with Crippen molar-refractivity contribution in [2.24, 2.45) is 11.8 Å². The number of carbonyl (C=O) groups is 3. The molecule has 0 aromatic heterocycles. The summed E-state index contributed by atoms with van der Waals surface area (Å²) < 4.78 is 16.8. The van der Waals surface area contributed by atoms with Crippen molar-refractivity contribution in [1.29, 1.82) is 0 Å². The minimum atomic E-state index is -0.761. The number of carbonyl (C=O) groups excluding carboxylic acids is 3. The van der Waals surface area contributed by atoms with Crippen LogP contribution in [0.25, 0.3) is 0 Å². The number of rotatable bonds is 53. The lowest BCUT2D eigenvalue weighted by atomic mass is 10.0. The zero-order chi connectivity index (χ0) is 47.5. The van der Waals surface area contributed by atoms with Crippen molar-refractivity contribution in [1.82, 2.24) is 0 Å². The Labute approximate surface area is 406 Å². The van der Waals surface area contributed by atoms with Crippen LogP contribution < -0.4 is 0 Å². The van der Waals surface area contributed by atoms with Crippen molar-refractivity contribution >= 4 is 17.9 Å². The SMILES string of the molecule is CCCCCCCCCC(=O)OC[C@H](COC(=O)CCCCCCCCCCCCCCCCCCC(C)C)OC(=O)CCCCCCCCCCCCCCCCCCCCC(C)C. The summed E-state index contributed by atoms with van der Waals surface area (Å²) in [7, 11) is 0. The minimum Gasteiger partial charge on any atom is -0.462 e. The van der Waals surface area contributed by atoms with Gasteiger partial charge in [-0.2, -0.15) is 0 Å². The maximum Gasteiger partial charge on any atom is 0.306 e. The molecule has 0 aromatic carbocycles. The van der Waals surface area contributed by atoms with Crippen molar-refractivity contribution in [3.63, 3.8) is 0 Å². The van der Waals surface area contributed by atoms with Gasteiger partial charge in [-0.1, -0.05) is 291 Å². The molecule has 0 aromatic rings. The molecule has 386 valence electrons. The average Bonchev–Trinajstić information content (AvgIpc) is 3.28. The molecule has 0 aliphatic rings. The van der Waals surface area contributed by atoms with E-state index in [1.807, 2.05) is 0 Å². The normalized spacial score (nSPS) is 12.0. The molecule has 0 unspecified atom stereocenters. The zero-order valence-electron chi connectivity index (χ0n) is 44.6. The molecule has 6 heteroatoms. The molecule has 0 fully saturated rings. The maximum atomic E-state index is 12.8. The van der Waals surface area contributed by atoms with E-state index in [2.05, 4.69) is 34.6 Å². The van der Waals surface area contributed by atoms with Crippen molar-refractivity contribution in [3.8, 4) is 0 Å². The van der Waals surface area contributed by atoms with E-state index in [0.29, 0.717) is 19.3 Å². The highest BCUT2D eigenvalue weighted by Crippen LogP contribution is 2.18. The van der Waals surface area contributed by atoms with Crippen LogP contribution in [0.1, 0.15) is 330 Å². The van der Waals surface area contributed by atoms with Gasteiger partial charge in [0, 0.05) is 19.3 Å². The predicted molar refractivity (Wildman–Crippen MR) is 280 cm³/mol. The van der Waals surface area contributed by atoms with E-state index in [1.165, 1.54) is 218 Å². The van der Waals surface area contributed by atoms with Gasteiger partial charge in [0.2, 0.25) is 0 Å². The summed E-state index contributed by atoms with van der Waals surface area (Å²) in [5.41, 5.74) is 0. The van der Waals surface area contributed by atoms with Crippen molar-refractivity contribution in [2.75, 3.05) is 13.2 Å². The van der Waals surface area contributed by atoms with E-state index in [9.17, 15) is 14.4 Å². The van der Waals surface area contributed by atoms with Crippen LogP contribution in [0.4, 0.5) is 0 Å². The Hall–Kier alpha value is -1.59. The zero-order valence-corrected chi connectivity index (χ0v) is 44.6. The largest absolute Gasteiger partial charge is 0.462 e. The average molecular weight is 920 g/mol. The molecule has 6 nitrogen and oxygen atoms in total. The molecule has 0 bridgehead atoms. The van der Waals surface area contributed by atoms with Crippen LogP contribution in [0.3, 0.4) is 0 Å². The smallest absolute Gasteiger partial charge is 0.306 e. The van der Waals surface area contributed by atoms with Gasteiger partial charge < -0.3 is 14.2 Å². The first-order chi connectivity index (χ1) is 31.7. The van der Waals surface area contributed by atoms with Crippen LogP contribution >= 0.6 is 0 Å². The molecule has 0 spiro atoms. The molecule has 0 saturated carbocycles. The lowest BCUT2D eigenvalue weighted by molar-refractivity contribution is -0.167. The Morgan fingerprint density at radius 2 is 0.508 bits per heavy atom. The molecule has 65 heavy (non-hydrogen) atoms. The monoisotopic (exact) mass is 919 g/mol. The van der Waals surface area contributed by atoms with Gasteiger partial charge in [0.15, 0.2) is 6.10 Å². The fraction of sp³-hybridized carbons (Fsp3) is 0.949. The highest BCUT2D eigenvalue weighted by atomic mass is 16.6. The highest BCUT2D eigenvalue weighted by Gasteiger charge is 2.19. The van der Waals surface area contributed by atoms with E-state index in [-0.39, 0.29) is 31.1 Å². The Morgan fingerprint density at radius 3 is 0.754 bits per heavy atom. The van der Waals surface area contributed by atoms with Crippen LogP contribution in [0, 0.1) is 11.8 Å². The second-order valence-electron chi connectivity index (χ2n) is 21.2. The summed E-state index contributed by atoms with van der Waals surface area (Å²) in [5, 5.41) is 0. The Balaban J connectivity index is 4.12. The van der Waals surface area contributed by atoms with Gasteiger partial charge in [-0.25, -0.2) is 0 Å². The van der Waals surface area contributed by atoms with Crippen LogP contribution in [-0.4, -0.2) is 37.2 Å². The summed E-state index contributed by atoms with van der Waals surface area (Å²) in [6, 6.07) is 0.